The van der Waals surface area contributed by atoms with Crippen molar-refractivity contribution in [2.45, 2.75) is 43.7 Å². The van der Waals surface area contributed by atoms with E-state index in [0.29, 0.717) is 17.9 Å². The third-order valence-corrected chi connectivity index (χ3v) is 5.74. The highest BCUT2D eigenvalue weighted by Crippen LogP contribution is 2.34. The fraction of sp³-hybridized carbons (Fsp3) is 0.538. The smallest absolute Gasteiger partial charge is 0.243 e. The number of rotatable bonds is 2. The lowest BCUT2D eigenvalue weighted by Gasteiger charge is -2.30. The van der Waals surface area contributed by atoms with Crippen LogP contribution in [0.25, 0.3) is 0 Å². The molecule has 0 radical (unpaired) electrons. The van der Waals surface area contributed by atoms with E-state index < -0.39 is 15.6 Å². The van der Waals surface area contributed by atoms with Crippen molar-refractivity contribution in [1.29, 1.82) is 0 Å². The van der Waals surface area contributed by atoms with E-state index in [4.69, 9.17) is 5.73 Å². The highest BCUT2D eigenvalue weighted by molar-refractivity contribution is 7.89. The van der Waals surface area contributed by atoms with E-state index in [1.807, 2.05) is 32.9 Å². The summed E-state index contributed by atoms with van der Waals surface area (Å²) in [6, 6.07) is 6.98. The first kappa shape index (κ1) is 13.5. The van der Waals surface area contributed by atoms with Crippen molar-refractivity contribution in [3.8, 4) is 0 Å². The van der Waals surface area contributed by atoms with Crippen molar-refractivity contribution >= 4 is 10.0 Å². The Morgan fingerprint density at radius 2 is 1.94 bits per heavy atom. The Morgan fingerprint density at radius 3 is 2.44 bits per heavy atom. The fourth-order valence-electron chi connectivity index (χ4n) is 2.66. The first-order chi connectivity index (χ1) is 8.25. The molecule has 18 heavy (non-hydrogen) atoms. The first-order valence-electron chi connectivity index (χ1n) is 6.09. The molecule has 1 aliphatic rings. The van der Waals surface area contributed by atoms with Crippen molar-refractivity contribution in [1.82, 2.24) is 4.31 Å². The molecule has 1 atom stereocenters. The van der Waals surface area contributed by atoms with Gasteiger partial charge in [0.25, 0.3) is 0 Å². The van der Waals surface area contributed by atoms with Crippen LogP contribution in [0.5, 0.6) is 0 Å². The lowest BCUT2D eigenvalue weighted by molar-refractivity contribution is 0.291. The summed E-state index contributed by atoms with van der Waals surface area (Å²) in [6.45, 7) is 6.06. The molecular formula is C13H20N2O2S. The molecule has 0 spiro atoms. The topological polar surface area (TPSA) is 63.4 Å². The summed E-state index contributed by atoms with van der Waals surface area (Å²) in [4.78, 5) is 0.382. The summed E-state index contributed by atoms with van der Waals surface area (Å²) in [7, 11) is -3.46. The van der Waals surface area contributed by atoms with E-state index >= 15 is 0 Å². The van der Waals surface area contributed by atoms with Gasteiger partial charge in [-0.25, -0.2) is 8.42 Å². The predicted octanol–water partition coefficient (Wildman–Crippen LogP) is 1.50. The van der Waals surface area contributed by atoms with Crippen LogP contribution in [0.2, 0.25) is 0 Å². The Balaban J connectivity index is 2.48. The molecule has 0 bridgehead atoms. The molecule has 0 saturated carbocycles. The maximum absolute atomic E-state index is 12.7. The van der Waals surface area contributed by atoms with Crippen molar-refractivity contribution < 1.29 is 8.42 Å². The number of nitrogens with two attached hydrogens (primary N) is 1. The molecule has 1 aromatic rings. The SMILES string of the molecule is Cc1ccccc1S(=O)(=O)N1CC(N)CC1(C)C. The van der Waals surface area contributed by atoms with Crippen LogP contribution in [-0.4, -0.2) is 30.8 Å². The van der Waals surface area contributed by atoms with Crippen LogP contribution in [0.3, 0.4) is 0 Å². The molecule has 2 N–H and O–H groups in total. The van der Waals surface area contributed by atoms with Crippen LogP contribution in [-0.2, 0) is 10.0 Å². The minimum absolute atomic E-state index is 0.0845. The molecule has 100 valence electrons. The quantitative estimate of drug-likeness (QED) is 0.884. The summed E-state index contributed by atoms with van der Waals surface area (Å²) >= 11 is 0. The van der Waals surface area contributed by atoms with Gasteiger partial charge in [-0.2, -0.15) is 4.31 Å². The van der Waals surface area contributed by atoms with Crippen LogP contribution in [0.15, 0.2) is 29.2 Å². The average molecular weight is 268 g/mol. The summed E-state index contributed by atoms with van der Waals surface area (Å²) < 4.78 is 26.9. The zero-order valence-electron chi connectivity index (χ0n) is 11.1. The molecule has 0 aliphatic carbocycles. The number of hydrogen-bond donors (Lipinski definition) is 1. The lowest BCUT2D eigenvalue weighted by Crippen LogP contribution is -2.42. The Kier molecular flexibility index (Phi) is 3.25. The van der Waals surface area contributed by atoms with E-state index in [9.17, 15) is 8.42 Å². The standard InChI is InChI=1S/C13H20N2O2S/c1-10-6-4-5-7-12(10)18(16,17)15-9-11(14)8-13(15,2)3/h4-7,11H,8-9,14H2,1-3H3. The summed E-state index contributed by atoms with van der Waals surface area (Å²) in [5.41, 5.74) is 6.26. The van der Waals surface area contributed by atoms with Crippen LogP contribution < -0.4 is 5.73 Å². The largest absolute Gasteiger partial charge is 0.326 e. The first-order valence-corrected chi connectivity index (χ1v) is 7.53. The van der Waals surface area contributed by atoms with Crippen LogP contribution >= 0.6 is 0 Å². The van der Waals surface area contributed by atoms with Gasteiger partial charge in [-0.1, -0.05) is 18.2 Å². The minimum Gasteiger partial charge on any atom is -0.326 e. The van der Waals surface area contributed by atoms with Crippen molar-refractivity contribution in [2.24, 2.45) is 5.73 Å². The molecular weight excluding hydrogens is 248 g/mol. The number of sulfonamides is 1. The third kappa shape index (κ3) is 2.18. The van der Waals surface area contributed by atoms with Gasteiger partial charge in [-0.15, -0.1) is 0 Å². The molecule has 1 aliphatic heterocycles. The second kappa shape index (κ2) is 4.33. The Bertz CT molecular complexity index is 552. The maximum atomic E-state index is 12.7. The van der Waals surface area contributed by atoms with Crippen molar-refractivity contribution in [3.05, 3.63) is 29.8 Å². The third-order valence-electron chi connectivity index (χ3n) is 3.50. The predicted molar refractivity (Wildman–Crippen MR) is 71.7 cm³/mol. The molecule has 1 aromatic carbocycles. The average Bonchev–Trinajstić information content (AvgIpc) is 2.53. The zero-order valence-corrected chi connectivity index (χ0v) is 11.9. The maximum Gasteiger partial charge on any atom is 0.243 e. The molecule has 1 heterocycles. The summed E-state index contributed by atoms with van der Waals surface area (Å²) in [5, 5.41) is 0. The highest BCUT2D eigenvalue weighted by Gasteiger charge is 2.44. The Labute approximate surface area is 109 Å². The van der Waals surface area contributed by atoms with Gasteiger partial charge in [-0.05, 0) is 38.8 Å². The number of benzene rings is 1. The van der Waals surface area contributed by atoms with Crippen LogP contribution in [0, 0.1) is 6.92 Å². The second-order valence-corrected chi connectivity index (χ2v) is 7.41. The monoisotopic (exact) mass is 268 g/mol. The van der Waals surface area contributed by atoms with Gasteiger partial charge < -0.3 is 5.73 Å². The molecule has 1 fully saturated rings. The number of hydrogen-bond acceptors (Lipinski definition) is 3. The lowest BCUT2D eigenvalue weighted by atomic mass is 10.0. The number of nitrogens with zero attached hydrogens (tertiary/aromatic N) is 1. The molecule has 5 heteroatoms. The molecule has 2 rings (SSSR count). The van der Waals surface area contributed by atoms with Crippen LogP contribution in [0.4, 0.5) is 0 Å². The number of aryl methyl sites for hydroxylation is 1. The fourth-order valence-corrected chi connectivity index (χ4v) is 4.73. The molecule has 4 nitrogen and oxygen atoms in total. The molecule has 0 amide bonds. The minimum atomic E-state index is -3.46. The van der Waals surface area contributed by atoms with Crippen LogP contribution in [0.1, 0.15) is 25.8 Å². The zero-order chi connectivity index (χ0) is 13.6. The Morgan fingerprint density at radius 1 is 1.33 bits per heavy atom. The van der Waals surface area contributed by atoms with E-state index in [1.165, 1.54) is 4.31 Å². The van der Waals surface area contributed by atoms with Crippen molar-refractivity contribution in [2.75, 3.05) is 6.54 Å². The van der Waals surface area contributed by atoms with Gasteiger partial charge >= 0.3 is 0 Å². The van der Waals surface area contributed by atoms with E-state index in [0.717, 1.165) is 5.56 Å². The summed E-state index contributed by atoms with van der Waals surface area (Å²) in [5.74, 6) is 0. The van der Waals surface area contributed by atoms with Gasteiger partial charge in [0.1, 0.15) is 0 Å². The summed E-state index contributed by atoms with van der Waals surface area (Å²) in [6.07, 6.45) is 0.693. The van der Waals surface area contributed by atoms with Gasteiger partial charge in [0.05, 0.1) is 4.90 Å². The highest BCUT2D eigenvalue weighted by atomic mass is 32.2. The molecule has 1 saturated heterocycles. The molecule has 1 unspecified atom stereocenters. The van der Waals surface area contributed by atoms with Gasteiger partial charge in [0, 0.05) is 18.1 Å². The Hall–Kier alpha value is -0.910. The van der Waals surface area contributed by atoms with Crippen molar-refractivity contribution in [3.63, 3.8) is 0 Å². The van der Waals surface area contributed by atoms with E-state index in [1.54, 1.807) is 12.1 Å². The van der Waals surface area contributed by atoms with E-state index in [-0.39, 0.29) is 6.04 Å². The molecule has 0 aromatic heterocycles. The van der Waals surface area contributed by atoms with E-state index in [2.05, 4.69) is 0 Å². The van der Waals surface area contributed by atoms with Gasteiger partial charge in [0.2, 0.25) is 10.0 Å². The van der Waals surface area contributed by atoms with Gasteiger partial charge in [-0.3, -0.25) is 0 Å². The normalized spacial score (nSPS) is 24.3. The van der Waals surface area contributed by atoms with Gasteiger partial charge in [0.15, 0.2) is 0 Å². The second-order valence-electron chi connectivity index (χ2n) is 5.58.